The molecule has 7 nitrogen and oxygen atoms in total. The molecule has 0 radical (unpaired) electrons. The van der Waals surface area contributed by atoms with Crippen molar-refractivity contribution in [3.8, 4) is 11.3 Å². The average Bonchev–Trinajstić information content (AvgIpc) is 3.10. The van der Waals surface area contributed by atoms with E-state index in [1.807, 2.05) is 13.8 Å². The zero-order chi connectivity index (χ0) is 27.9. The average molecular weight is 558 g/mol. The summed E-state index contributed by atoms with van der Waals surface area (Å²) in [7, 11) is 0. The van der Waals surface area contributed by atoms with E-state index >= 15 is 0 Å². The molecule has 3 fully saturated rings. The second kappa shape index (κ2) is 9.07. The number of fused-ring (bicyclic) bond motifs is 2. The lowest BCUT2D eigenvalue weighted by atomic mass is 9.94. The minimum Gasteiger partial charge on any atom is -0.314 e. The van der Waals surface area contributed by atoms with Crippen LogP contribution in [0.4, 0.5) is 13.2 Å². The van der Waals surface area contributed by atoms with Gasteiger partial charge in [0, 0.05) is 42.7 Å². The molecule has 4 heterocycles. The van der Waals surface area contributed by atoms with Gasteiger partial charge in [-0.15, -0.1) is 11.3 Å². The van der Waals surface area contributed by atoms with Crippen LogP contribution in [0, 0.1) is 24.2 Å². The van der Waals surface area contributed by atoms with Crippen molar-refractivity contribution in [3.05, 3.63) is 46.1 Å². The first kappa shape index (κ1) is 26.3. The van der Waals surface area contributed by atoms with Crippen LogP contribution in [-0.2, 0) is 28.9 Å². The number of hydrogen-bond acceptors (Lipinski definition) is 7. The summed E-state index contributed by atoms with van der Waals surface area (Å²) in [5.74, 6) is -0.838. The maximum Gasteiger partial charge on any atom is 0.416 e. The van der Waals surface area contributed by atoms with E-state index in [-0.39, 0.29) is 41.7 Å². The van der Waals surface area contributed by atoms with Crippen LogP contribution in [-0.4, -0.2) is 57.3 Å². The van der Waals surface area contributed by atoms with Crippen molar-refractivity contribution in [2.45, 2.75) is 53.0 Å². The molecule has 1 aromatic carbocycles. The summed E-state index contributed by atoms with van der Waals surface area (Å²) in [5.41, 5.74) is 1.81. The predicted octanol–water partition coefficient (Wildman–Crippen LogP) is 4.62. The molecule has 1 aliphatic carbocycles. The molecule has 1 saturated carbocycles. The van der Waals surface area contributed by atoms with Crippen molar-refractivity contribution >= 4 is 33.4 Å². The molecule has 3 aliphatic rings. The van der Waals surface area contributed by atoms with E-state index in [2.05, 4.69) is 27.1 Å². The second-order valence-corrected chi connectivity index (χ2v) is 12.7. The number of aryl methyl sites for hydroxylation is 1. The lowest BCUT2D eigenvalue weighted by Gasteiger charge is -2.35. The van der Waals surface area contributed by atoms with E-state index < -0.39 is 11.7 Å². The second-order valence-electron chi connectivity index (χ2n) is 11.5. The number of carbonyl (C=O) groups is 2. The van der Waals surface area contributed by atoms with E-state index in [9.17, 15) is 22.8 Å². The highest BCUT2D eigenvalue weighted by molar-refractivity contribution is 7.19. The van der Waals surface area contributed by atoms with E-state index in [1.165, 1.54) is 34.7 Å². The Balaban J connectivity index is 1.40. The number of rotatable bonds is 5. The predicted molar refractivity (Wildman–Crippen MR) is 142 cm³/mol. The fraction of sp³-hybridized carbons (Fsp3) is 0.500. The third-order valence-corrected chi connectivity index (χ3v) is 9.74. The van der Waals surface area contributed by atoms with Gasteiger partial charge in [-0.05, 0) is 48.6 Å². The number of nitrogens with zero attached hydrogens (tertiary/aromatic N) is 4. The number of carbonyl (C=O) groups excluding carboxylic acids is 2. The molecule has 206 valence electrons. The zero-order valence-corrected chi connectivity index (χ0v) is 23.0. The van der Waals surface area contributed by atoms with Gasteiger partial charge in [0.15, 0.2) is 0 Å². The van der Waals surface area contributed by atoms with Crippen molar-refractivity contribution in [3.63, 3.8) is 0 Å². The Morgan fingerprint density at radius 1 is 1.10 bits per heavy atom. The van der Waals surface area contributed by atoms with Crippen LogP contribution < -0.4 is 5.32 Å². The van der Waals surface area contributed by atoms with Gasteiger partial charge in [-0.25, -0.2) is 9.97 Å². The standard InChI is InChI=1S/C28H30F3N5O2S/c1-14-7-16(28(29,30)31)8-18(19(14)12-35-6-5-32-10-15(35)2)23-24-20(33-13-34-23)9-17(39-24)11-36-25(37)21-22(26(36)38)27(21,3)4/h7-9,13,15,21-22,32H,5-6,10-12H2,1-4H3/t15-,21?,22?/m0/s1. The summed E-state index contributed by atoms with van der Waals surface area (Å²) in [6, 6.07) is 4.44. The highest BCUT2D eigenvalue weighted by Gasteiger charge is 2.72. The summed E-state index contributed by atoms with van der Waals surface area (Å²) >= 11 is 1.32. The molecule has 2 unspecified atom stereocenters. The number of alkyl halides is 3. The molecule has 2 saturated heterocycles. The number of imide groups is 1. The van der Waals surface area contributed by atoms with Gasteiger partial charge >= 0.3 is 6.18 Å². The largest absolute Gasteiger partial charge is 0.416 e. The molecule has 3 atom stereocenters. The van der Waals surface area contributed by atoms with Gasteiger partial charge in [0.1, 0.15) is 6.33 Å². The number of benzene rings is 1. The SMILES string of the molecule is Cc1cc(C(F)(F)F)cc(-c2ncnc3cc(CN4C(=O)C5C(C4=O)C5(C)C)sc23)c1CN1CCNC[C@@H]1C. The Morgan fingerprint density at radius 3 is 2.49 bits per heavy atom. The van der Waals surface area contributed by atoms with E-state index in [1.54, 1.807) is 13.0 Å². The highest BCUT2D eigenvalue weighted by Crippen LogP contribution is 2.63. The maximum atomic E-state index is 13.9. The van der Waals surface area contributed by atoms with Gasteiger partial charge in [-0.3, -0.25) is 19.4 Å². The summed E-state index contributed by atoms with van der Waals surface area (Å²) < 4.78 is 42.4. The number of thiophene rings is 1. The first-order chi connectivity index (χ1) is 18.4. The van der Waals surface area contributed by atoms with Gasteiger partial charge in [-0.2, -0.15) is 13.2 Å². The number of piperidine rings is 1. The molecular formula is C28H30F3N5O2S. The minimum atomic E-state index is -4.50. The first-order valence-electron chi connectivity index (χ1n) is 13.1. The lowest BCUT2D eigenvalue weighted by Crippen LogP contribution is -2.49. The topological polar surface area (TPSA) is 78.4 Å². The summed E-state index contributed by atoms with van der Waals surface area (Å²) in [6.45, 7) is 10.8. The Hall–Kier alpha value is -2.89. The van der Waals surface area contributed by atoms with Crippen molar-refractivity contribution in [2.24, 2.45) is 17.3 Å². The molecule has 0 bridgehead atoms. The van der Waals surface area contributed by atoms with Gasteiger partial charge < -0.3 is 5.32 Å². The van der Waals surface area contributed by atoms with Crippen LogP contribution in [0.25, 0.3) is 21.5 Å². The third-order valence-electron chi connectivity index (χ3n) is 8.62. The number of nitrogens with one attached hydrogen (secondary N) is 1. The normalized spacial score (nSPS) is 25.0. The van der Waals surface area contributed by atoms with Gasteiger partial charge in [0.25, 0.3) is 0 Å². The summed E-state index contributed by atoms with van der Waals surface area (Å²) in [4.78, 5) is 38.9. The molecule has 2 amide bonds. The van der Waals surface area contributed by atoms with E-state index in [0.717, 1.165) is 30.1 Å². The van der Waals surface area contributed by atoms with Crippen molar-refractivity contribution < 1.29 is 22.8 Å². The zero-order valence-electron chi connectivity index (χ0n) is 22.2. The van der Waals surface area contributed by atoms with Crippen molar-refractivity contribution in [1.82, 2.24) is 25.1 Å². The first-order valence-corrected chi connectivity index (χ1v) is 13.9. The lowest BCUT2D eigenvalue weighted by molar-refractivity contribution is -0.143. The maximum absolute atomic E-state index is 13.9. The Morgan fingerprint density at radius 2 is 1.82 bits per heavy atom. The Bertz CT molecular complexity index is 1480. The fourth-order valence-corrected chi connectivity index (χ4v) is 7.31. The summed E-state index contributed by atoms with van der Waals surface area (Å²) in [5, 5.41) is 3.35. The minimum absolute atomic E-state index is 0.133. The van der Waals surface area contributed by atoms with Crippen molar-refractivity contribution in [1.29, 1.82) is 0 Å². The molecule has 3 aromatic rings. The molecule has 39 heavy (non-hydrogen) atoms. The van der Waals surface area contributed by atoms with E-state index in [0.29, 0.717) is 33.6 Å². The molecule has 2 aromatic heterocycles. The highest BCUT2D eigenvalue weighted by atomic mass is 32.1. The molecule has 1 N–H and O–H groups in total. The van der Waals surface area contributed by atoms with Crippen LogP contribution in [0.2, 0.25) is 0 Å². The van der Waals surface area contributed by atoms with Crippen LogP contribution in [0.5, 0.6) is 0 Å². The Labute approximate surface area is 228 Å². The molecule has 0 spiro atoms. The number of amides is 2. The van der Waals surface area contributed by atoms with Gasteiger partial charge in [0.2, 0.25) is 11.8 Å². The van der Waals surface area contributed by atoms with Crippen LogP contribution in [0.3, 0.4) is 0 Å². The fourth-order valence-electron chi connectivity index (χ4n) is 6.21. The molecular weight excluding hydrogens is 527 g/mol. The summed E-state index contributed by atoms with van der Waals surface area (Å²) in [6.07, 6.45) is -3.14. The number of piperazine rings is 1. The third kappa shape index (κ3) is 4.35. The van der Waals surface area contributed by atoms with Crippen LogP contribution in [0.15, 0.2) is 24.5 Å². The van der Waals surface area contributed by atoms with Gasteiger partial charge in [0.05, 0.1) is 39.9 Å². The van der Waals surface area contributed by atoms with Crippen LogP contribution in [0.1, 0.15) is 42.3 Å². The molecule has 6 rings (SSSR count). The van der Waals surface area contributed by atoms with Crippen LogP contribution >= 0.6 is 11.3 Å². The van der Waals surface area contributed by atoms with Crippen molar-refractivity contribution in [2.75, 3.05) is 19.6 Å². The molecule has 2 aliphatic heterocycles. The molecule has 11 heteroatoms. The number of likely N-dealkylation sites (tertiary alicyclic amines) is 1. The Kier molecular flexibility index (Phi) is 6.13. The van der Waals surface area contributed by atoms with E-state index in [4.69, 9.17) is 0 Å². The smallest absolute Gasteiger partial charge is 0.314 e. The number of halogens is 3. The monoisotopic (exact) mass is 557 g/mol. The number of aromatic nitrogens is 2. The number of hydrogen-bond donors (Lipinski definition) is 1. The quantitative estimate of drug-likeness (QED) is 0.462. The van der Waals surface area contributed by atoms with Gasteiger partial charge in [-0.1, -0.05) is 13.8 Å².